The maximum Gasteiger partial charge on any atom is 0.307 e. The fraction of sp³-hybridized carbons (Fsp3) is 0.400. The average molecular weight is 232 g/mol. The highest BCUT2D eigenvalue weighted by atomic mass is 16.4. The third-order valence-corrected chi connectivity index (χ3v) is 1.66. The molecule has 0 spiro atoms. The molecule has 0 aliphatic rings. The minimum absolute atomic E-state index is 0. The smallest absolute Gasteiger partial charge is 0.307 e. The maximum atomic E-state index is 10.6. The molecule has 16 heavy (non-hydrogen) atoms. The Morgan fingerprint density at radius 2 is 1.75 bits per heavy atom. The molecule has 0 aliphatic heterocycles. The average Bonchev–Trinajstić information content (AvgIpc) is 2.09. The lowest BCUT2D eigenvalue weighted by atomic mass is 10.0. The predicted octanol–water partition coefficient (Wildman–Crippen LogP) is 2.01. The fourth-order valence-corrected chi connectivity index (χ4v) is 0.935. The topological polar surface area (TPSA) is 145 Å². The molecule has 8 N–H and O–H groups in total. The quantitative estimate of drug-likeness (QED) is 0.494. The SMILES string of the molecule is C=CCC=CCC(CC(=O)O)C(=O)O.N.N. The Bertz CT molecular complexity index is 251. The Kier molecular flexibility index (Phi) is 14.2. The van der Waals surface area contributed by atoms with Crippen LogP contribution in [0.15, 0.2) is 24.8 Å². The first-order chi connectivity index (χ1) is 6.57. The van der Waals surface area contributed by atoms with E-state index >= 15 is 0 Å². The van der Waals surface area contributed by atoms with E-state index in [1.54, 1.807) is 18.2 Å². The molecule has 1 atom stereocenters. The van der Waals surface area contributed by atoms with Crippen molar-refractivity contribution in [2.45, 2.75) is 19.3 Å². The van der Waals surface area contributed by atoms with E-state index in [0.29, 0.717) is 6.42 Å². The summed E-state index contributed by atoms with van der Waals surface area (Å²) in [7, 11) is 0. The number of carboxylic acids is 2. The summed E-state index contributed by atoms with van der Waals surface area (Å²) in [6, 6.07) is 0. The van der Waals surface area contributed by atoms with Crippen LogP contribution in [-0.2, 0) is 9.59 Å². The molecule has 94 valence electrons. The van der Waals surface area contributed by atoms with Crippen molar-refractivity contribution in [1.29, 1.82) is 0 Å². The Hall–Kier alpha value is -1.66. The Balaban J connectivity index is -0.000000845. The van der Waals surface area contributed by atoms with Crippen LogP contribution in [0.1, 0.15) is 19.3 Å². The number of rotatable bonds is 7. The summed E-state index contributed by atoms with van der Waals surface area (Å²) >= 11 is 0. The molecule has 0 aromatic rings. The van der Waals surface area contributed by atoms with Crippen LogP contribution in [0.4, 0.5) is 0 Å². The molecule has 0 saturated heterocycles. The largest absolute Gasteiger partial charge is 0.481 e. The van der Waals surface area contributed by atoms with Gasteiger partial charge in [-0.15, -0.1) is 6.58 Å². The van der Waals surface area contributed by atoms with Gasteiger partial charge in [-0.25, -0.2) is 0 Å². The number of carbonyl (C=O) groups is 2. The van der Waals surface area contributed by atoms with Gasteiger partial charge >= 0.3 is 11.9 Å². The zero-order valence-corrected chi connectivity index (χ0v) is 9.26. The molecule has 0 amide bonds. The first-order valence-corrected chi connectivity index (χ1v) is 4.28. The molecule has 0 aliphatic carbocycles. The van der Waals surface area contributed by atoms with E-state index in [1.807, 2.05) is 0 Å². The van der Waals surface area contributed by atoms with Gasteiger partial charge in [0.05, 0.1) is 12.3 Å². The molecule has 6 nitrogen and oxygen atoms in total. The van der Waals surface area contributed by atoms with Gasteiger partial charge in [-0.05, 0) is 12.8 Å². The second kappa shape index (κ2) is 11.4. The molecule has 0 radical (unpaired) electrons. The number of hydrogen-bond acceptors (Lipinski definition) is 4. The lowest BCUT2D eigenvalue weighted by molar-refractivity contribution is -0.148. The van der Waals surface area contributed by atoms with Gasteiger partial charge < -0.3 is 22.5 Å². The van der Waals surface area contributed by atoms with E-state index in [1.165, 1.54) is 0 Å². The van der Waals surface area contributed by atoms with Gasteiger partial charge in [-0.3, -0.25) is 9.59 Å². The number of allylic oxidation sites excluding steroid dienone is 3. The highest BCUT2D eigenvalue weighted by Gasteiger charge is 2.18. The van der Waals surface area contributed by atoms with E-state index in [4.69, 9.17) is 10.2 Å². The van der Waals surface area contributed by atoms with E-state index in [0.717, 1.165) is 0 Å². The molecular weight excluding hydrogens is 212 g/mol. The molecule has 0 heterocycles. The Labute approximate surface area is 94.8 Å². The minimum Gasteiger partial charge on any atom is -0.481 e. The summed E-state index contributed by atoms with van der Waals surface area (Å²) in [5.41, 5.74) is 0. The Morgan fingerprint density at radius 3 is 2.12 bits per heavy atom. The van der Waals surface area contributed by atoms with Gasteiger partial charge in [-0.1, -0.05) is 18.2 Å². The van der Waals surface area contributed by atoms with Crippen molar-refractivity contribution < 1.29 is 19.8 Å². The second-order valence-electron chi connectivity index (χ2n) is 2.86. The summed E-state index contributed by atoms with van der Waals surface area (Å²) in [4.78, 5) is 20.9. The normalized spacial score (nSPS) is 11.0. The number of carboxylic acid groups (broad SMARTS) is 2. The van der Waals surface area contributed by atoms with Crippen LogP contribution >= 0.6 is 0 Å². The first kappa shape index (κ1) is 19.8. The van der Waals surface area contributed by atoms with Crippen molar-refractivity contribution >= 4 is 11.9 Å². The standard InChI is InChI=1S/C10H14O4.2H3N/c1-2-3-4-5-6-8(10(13)14)7-9(11)12;;/h2,4-5,8H,1,3,6-7H2,(H,11,12)(H,13,14);2*1H3. The van der Waals surface area contributed by atoms with Gasteiger partial charge in [0.2, 0.25) is 0 Å². The first-order valence-electron chi connectivity index (χ1n) is 4.28. The third-order valence-electron chi connectivity index (χ3n) is 1.66. The summed E-state index contributed by atoms with van der Waals surface area (Å²) in [6.07, 6.45) is 5.69. The summed E-state index contributed by atoms with van der Waals surface area (Å²) < 4.78 is 0. The van der Waals surface area contributed by atoms with Gasteiger partial charge in [0.15, 0.2) is 0 Å². The van der Waals surface area contributed by atoms with Crippen molar-refractivity contribution in [3.05, 3.63) is 24.8 Å². The second-order valence-corrected chi connectivity index (χ2v) is 2.86. The molecule has 0 aromatic heterocycles. The van der Waals surface area contributed by atoms with E-state index in [9.17, 15) is 9.59 Å². The van der Waals surface area contributed by atoms with Crippen LogP contribution < -0.4 is 12.3 Å². The molecule has 0 saturated carbocycles. The van der Waals surface area contributed by atoms with Crippen LogP contribution in [-0.4, -0.2) is 22.2 Å². The van der Waals surface area contributed by atoms with Gasteiger partial charge in [0.25, 0.3) is 0 Å². The highest BCUT2D eigenvalue weighted by Crippen LogP contribution is 2.10. The third kappa shape index (κ3) is 10.4. The molecule has 0 bridgehead atoms. The van der Waals surface area contributed by atoms with Gasteiger partial charge in [-0.2, -0.15) is 0 Å². The highest BCUT2D eigenvalue weighted by molar-refractivity contribution is 5.77. The van der Waals surface area contributed by atoms with Gasteiger partial charge in [0.1, 0.15) is 0 Å². The monoisotopic (exact) mass is 232 g/mol. The Morgan fingerprint density at radius 1 is 1.19 bits per heavy atom. The van der Waals surface area contributed by atoms with Crippen LogP contribution in [0.3, 0.4) is 0 Å². The lowest BCUT2D eigenvalue weighted by Gasteiger charge is -2.05. The van der Waals surface area contributed by atoms with Crippen molar-refractivity contribution in [3.63, 3.8) is 0 Å². The van der Waals surface area contributed by atoms with E-state index in [-0.39, 0.29) is 25.1 Å². The fourth-order valence-electron chi connectivity index (χ4n) is 0.935. The van der Waals surface area contributed by atoms with Crippen LogP contribution in [0.25, 0.3) is 0 Å². The maximum absolute atomic E-state index is 10.6. The van der Waals surface area contributed by atoms with Crippen molar-refractivity contribution in [3.8, 4) is 0 Å². The zero-order chi connectivity index (χ0) is 11.0. The lowest BCUT2D eigenvalue weighted by Crippen LogP contribution is -2.16. The van der Waals surface area contributed by atoms with E-state index in [2.05, 4.69) is 6.58 Å². The van der Waals surface area contributed by atoms with Crippen molar-refractivity contribution in [1.82, 2.24) is 12.3 Å². The summed E-state index contributed by atoms with van der Waals surface area (Å²) in [5, 5.41) is 17.1. The van der Waals surface area contributed by atoms with Crippen molar-refractivity contribution in [2.24, 2.45) is 5.92 Å². The molecular formula is C10H20N2O4. The molecule has 1 unspecified atom stereocenters. The molecule has 0 rings (SSSR count). The number of aliphatic carboxylic acids is 2. The summed E-state index contributed by atoms with van der Waals surface area (Å²) in [5.74, 6) is -3.00. The number of hydrogen-bond donors (Lipinski definition) is 4. The van der Waals surface area contributed by atoms with Gasteiger partial charge in [0, 0.05) is 0 Å². The molecule has 6 heteroatoms. The molecule has 0 fully saturated rings. The zero-order valence-electron chi connectivity index (χ0n) is 9.26. The van der Waals surface area contributed by atoms with E-state index < -0.39 is 17.9 Å². The van der Waals surface area contributed by atoms with Crippen LogP contribution in [0.2, 0.25) is 0 Å². The van der Waals surface area contributed by atoms with Crippen LogP contribution in [0, 0.1) is 5.92 Å². The summed E-state index contributed by atoms with van der Waals surface area (Å²) in [6.45, 7) is 3.50. The minimum atomic E-state index is -1.09. The predicted molar refractivity (Wildman–Crippen MR) is 62.0 cm³/mol. The van der Waals surface area contributed by atoms with Crippen LogP contribution in [0.5, 0.6) is 0 Å². The molecule has 0 aromatic carbocycles. The van der Waals surface area contributed by atoms with Crippen molar-refractivity contribution in [2.75, 3.05) is 0 Å².